The van der Waals surface area contributed by atoms with Gasteiger partial charge in [0.2, 0.25) is 0 Å². The number of carbonyl (C=O) groups is 1. The van der Waals surface area contributed by atoms with Crippen molar-refractivity contribution >= 4 is 35.8 Å². The fourth-order valence-corrected chi connectivity index (χ4v) is 2.58. The Morgan fingerprint density at radius 2 is 1.89 bits per heavy atom. The lowest BCUT2D eigenvalue weighted by Crippen LogP contribution is -2.38. The van der Waals surface area contributed by atoms with Crippen molar-refractivity contribution in [3.63, 3.8) is 0 Å². The standard InChI is InChI=1S/C21H27FN4O.HI/c1-4-24-21(26-14-17-9-8-15(2)19(22)13-17)25-11-10-16-6-5-7-18(12-16)20(27)23-3;/h5-9,12-13H,4,10-11,14H2,1-3H3,(H,23,27)(H2,24,25,26);1H. The van der Waals surface area contributed by atoms with Gasteiger partial charge in [-0.15, -0.1) is 24.0 Å². The second kappa shape index (κ2) is 12.3. The molecule has 3 N–H and O–H groups in total. The number of guanidine groups is 1. The van der Waals surface area contributed by atoms with Crippen molar-refractivity contribution in [3.05, 3.63) is 70.5 Å². The number of nitrogens with zero attached hydrogens (tertiary/aromatic N) is 1. The Bertz CT molecular complexity index is 811. The fourth-order valence-electron chi connectivity index (χ4n) is 2.58. The van der Waals surface area contributed by atoms with Gasteiger partial charge in [-0.3, -0.25) is 4.79 Å². The molecule has 0 saturated heterocycles. The summed E-state index contributed by atoms with van der Waals surface area (Å²) in [6.45, 7) is 5.55. The van der Waals surface area contributed by atoms with E-state index in [9.17, 15) is 9.18 Å². The zero-order valence-corrected chi connectivity index (χ0v) is 18.8. The maximum Gasteiger partial charge on any atom is 0.251 e. The predicted octanol–water partition coefficient (Wildman–Crippen LogP) is 3.41. The van der Waals surface area contributed by atoms with Crippen molar-refractivity contribution in [3.8, 4) is 0 Å². The van der Waals surface area contributed by atoms with Crippen LogP contribution < -0.4 is 16.0 Å². The van der Waals surface area contributed by atoms with E-state index in [2.05, 4.69) is 20.9 Å². The molecule has 28 heavy (non-hydrogen) atoms. The topological polar surface area (TPSA) is 65.5 Å². The van der Waals surface area contributed by atoms with Crippen LogP contribution in [0.4, 0.5) is 4.39 Å². The Morgan fingerprint density at radius 1 is 1.11 bits per heavy atom. The lowest BCUT2D eigenvalue weighted by molar-refractivity contribution is 0.0963. The third-order valence-electron chi connectivity index (χ3n) is 4.12. The van der Waals surface area contributed by atoms with Crippen LogP contribution in [0.2, 0.25) is 0 Å². The number of benzene rings is 2. The number of hydrogen-bond acceptors (Lipinski definition) is 2. The molecule has 0 radical (unpaired) electrons. The van der Waals surface area contributed by atoms with Crippen molar-refractivity contribution in [2.24, 2.45) is 4.99 Å². The van der Waals surface area contributed by atoms with E-state index in [-0.39, 0.29) is 35.7 Å². The van der Waals surface area contributed by atoms with Crippen LogP contribution in [-0.2, 0) is 13.0 Å². The van der Waals surface area contributed by atoms with Gasteiger partial charge in [0.15, 0.2) is 5.96 Å². The molecular formula is C21H28FIN4O. The predicted molar refractivity (Wildman–Crippen MR) is 123 cm³/mol. The van der Waals surface area contributed by atoms with Gasteiger partial charge in [-0.1, -0.05) is 24.3 Å². The number of nitrogens with one attached hydrogen (secondary N) is 3. The molecule has 0 aromatic heterocycles. The van der Waals surface area contributed by atoms with Crippen LogP contribution in [0.25, 0.3) is 0 Å². The normalized spacial score (nSPS) is 10.8. The molecule has 0 bridgehead atoms. The SMILES string of the molecule is CCNC(=NCc1ccc(C)c(F)c1)NCCc1cccc(C(=O)NC)c1.I. The molecule has 0 unspecified atom stereocenters. The van der Waals surface area contributed by atoms with Crippen LogP contribution >= 0.6 is 24.0 Å². The van der Waals surface area contributed by atoms with Crippen molar-refractivity contribution < 1.29 is 9.18 Å². The summed E-state index contributed by atoms with van der Waals surface area (Å²) >= 11 is 0. The van der Waals surface area contributed by atoms with Crippen LogP contribution in [0, 0.1) is 12.7 Å². The first kappa shape index (κ1) is 23.9. The molecule has 0 aliphatic rings. The van der Waals surface area contributed by atoms with E-state index in [1.165, 1.54) is 6.07 Å². The van der Waals surface area contributed by atoms with Gasteiger partial charge in [0.25, 0.3) is 5.91 Å². The average Bonchev–Trinajstić information content (AvgIpc) is 2.68. The molecule has 2 rings (SSSR count). The van der Waals surface area contributed by atoms with Crippen LogP contribution in [0.3, 0.4) is 0 Å². The first-order valence-corrected chi connectivity index (χ1v) is 9.11. The minimum atomic E-state index is -0.211. The molecule has 0 aliphatic carbocycles. The van der Waals surface area contributed by atoms with Gasteiger partial charge >= 0.3 is 0 Å². The molecule has 0 saturated carbocycles. The number of aryl methyl sites for hydroxylation is 1. The number of rotatable bonds is 7. The summed E-state index contributed by atoms with van der Waals surface area (Å²) in [6.07, 6.45) is 0.758. The van der Waals surface area contributed by atoms with Crippen LogP contribution in [0.5, 0.6) is 0 Å². The largest absolute Gasteiger partial charge is 0.357 e. The van der Waals surface area contributed by atoms with E-state index in [1.807, 2.05) is 31.2 Å². The second-order valence-corrected chi connectivity index (χ2v) is 6.23. The fraction of sp³-hybridized carbons (Fsp3) is 0.333. The quantitative estimate of drug-likeness (QED) is 0.312. The maximum atomic E-state index is 13.6. The van der Waals surface area contributed by atoms with E-state index in [0.29, 0.717) is 30.2 Å². The summed E-state index contributed by atoms with van der Waals surface area (Å²) in [5, 5.41) is 9.09. The Morgan fingerprint density at radius 3 is 2.57 bits per heavy atom. The summed E-state index contributed by atoms with van der Waals surface area (Å²) in [5.74, 6) is 0.377. The summed E-state index contributed by atoms with van der Waals surface area (Å²) in [4.78, 5) is 16.2. The van der Waals surface area contributed by atoms with Gasteiger partial charge in [-0.2, -0.15) is 0 Å². The molecule has 0 aliphatic heterocycles. The minimum Gasteiger partial charge on any atom is -0.357 e. The van der Waals surface area contributed by atoms with Gasteiger partial charge < -0.3 is 16.0 Å². The highest BCUT2D eigenvalue weighted by atomic mass is 127. The zero-order chi connectivity index (χ0) is 19.6. The Hall–Kier alpha value is -2.16. The molecule has 152 valence electrons. The highest BCUT2D eigenvalue weighted by Crippen LogP contribution is 2.10. The van der Waals surface area contributed by atoms with Gasteiger partial charge in [0.05, 0.1) is 6.54 Å². The number of hydrogen-bond donors (Lipinski definition) is 3. The third-order valence-corrected chi connectivity index (χ3v) is 4.12. The summed E-state index contributed by atoms with van der Waals surface area (Å²) in [7, 11) is 1.62. The van der Waals surface area contributed by atoms with E-state index in [0.717, 1.165) is 24.1 Å². The molecule has 0 heterocycles. The molecule has 0 fully saturated rings. The molecule has 0 atom stereocenters. The minimum absolute atomic E-state index is 0. The second-order valence-electron chi connectivity index (χ2n) is 6.23. The van der Waals surface area contributed by atoms with Gasteiger partial charge in [0, 0.05) is 25.7 Å². The Labute approximate surface area is 183 Å². The third kappa shape index (κ3) is 7.46. The molecule has 0 spiro atoms. The van der Waals surface area contributed by atoms with E-state index >= 15 is 0 Å². The highest BCUT2D eigenvalue weighted by molar-refractivity contribution is 14.0. The molecule has 7 heteroatoms. The van der Waals surface area contributed by atoms with Crippen molar-refractivity contribution in [2.75, 3.05) is 20.1 Å². The first-order chi connectivity index (χ1) is 13.0. The van der Waals surface area contributed by atoms with E-state index in [1.54, 1.807) is 26.1 Å². The molecule has 1 amide bonds. The zero-order valence-electron chi connectivity index (χ0n) is 16.5. The summed E-state index contributed by atoms with van der Waals surface area (Å²) in [6, 6.07) is 12.7. The lowest BCUT2D eigenvalue weighted by Gasteiger charge is -2.12. The molecular weight excluding hydrogens is 470 g/mol. The summed E-state index contributed by atoms with van der Waals surface area (Å²) in [5.41, 5.74) is 3.18. The molecule has 5 nitrogen and oxygen atoms in total. The van der Waals surface area contributed by atoms with Gasteiger partial charge in [-0.25, -0.2) is 9.38 Å². The molecule has 2 aromatic rings. The van der Waals surface area contributed by atoms with Crippen molar-refractivity contribution in [1.82, 2.24) is 16.0 Å². The van der Waals surface area contributed by atoms with Gasteiger partial charge in [0.1, 0.15) is 5.82 Å². The van der Waals surface area contributed by atoms with Crippen molar-refractivity contribution in [1.29, 1.82) is 0 Å². The van der Waals surface area contributed by atoms with Crippen molar-refractivity contribution in [2.45, 2.75) is 26.8 Å². The Balaban J connectivity index is 0.00000392. The van der Waals surface area contributed by atoms with Crippen LogP contribution in [-0.4, -0.2) is 32.0 Å². The number of halogens is 2. The number of carbonyl (C=O) groups excluding carboxylic acids is 1. The smallest absolute Gasteiger partial charge is 0.251 e. The molecule has 2 aromatic carbocycles. The Kier molecular flexibility index (Phi) is 10.5. The van der Waals surface area contributed by atoms with Gasteiger partial charge in [-0.05, 0) is 55.2 Å². The van der Waals surface area contributed by atoms with Crippen LogP contribution in [0.15, 0.2) is 47.5 Å². The average molecular weight is 498 g/mol. The van der Waals surface area contributed by atoms with E-state index < -0.39 is 0 Å². The first-order valence-electron chi connectivity index (χ1n) is 9.11. The number of amides is 1. The monoisotopic (exact) mass is 498 g/mol. The number of aliphatic imine (C=N–C) groups is 1. The summed E-state index contributed by atoms with van der Waals surface area (Å²) < 4.78 is 13.6. The maximum absolute atomic E-state index is 13.6. The lowest BCUT2D eigenvalue weighted by atomic mass is 10.1. The van der Waals surface area contributed by atoms with E-state index in [4.69, 9.17) is 0 Å². The van der Waals surface area contributed by atoms with Crippen LogP contribution in [0.1, 0.15) is 34.0 Å². The highest BCUT2D eigenvalue weighted by Gasteiger charge is 2.04.